The number of hydrogen-bond donors (Lipinski definition) is 2. The number of carbonyl (C=O) groups is 1. The monoisotopic (exact) mass is 211 g/mol. The van der Waals surface area contributed by atoms with Crippen molar-refractivity contribution in [2.24, 2.45) is 5.73 Å². The number of nitrogens with two attached hydrogens (primary N) is 1. The maximum absolute atomic E-state index is 10.6. The van der Waals surface area contributed by atoms with Crippen LogP contribution >= 0.6 is 0 Å². The molecule has 78 valence electrons. The number of rotatable bonds is 2. The molecule has 16 heavy (non-hydrogen) atoms. The lowest BCUT2D eigenvalue weighted by Gasteiger charge is -1.92. The number of hydrogen-bond acceptors (Lipinski definition) is 2. The number of aromatic amines is 1. The molecule has 3 N–H and O–H groups in total. The van der Waals surface area contributed by atoms with Crippen molar-refractivity contribution in [1.29, 1.82) is 5.26 Å². The molecule has 0 saturated heterocycles. The third-order valence-electron chi connectivity index (χ3n) is 2.27. The van der Waals surface area contributed by atoms with Crippen molar-refractivity contribution < 1.29 is 4.79 Å². The molecule has 0 atom stereocenters. The van der Waals surface area contributed by atoms with Gasteiger partial charge in [0.25, 0.3) is 0 Å². The first-order valence-corrected chi connectivity index (χ1v) is 4.69. The summed E-state index contributed by atoms with van der Waals surface area (Å²) in [6, 6.07) is 7.41. The average molecular weight is 211 g/mol. The van der Waals surface area contributed by atoms with E-state index in [2.05, 4.69) is 11.1 Å². The summed E-state index contributed by atoms with van der Waals surface area (Å²) in [6.45, 7) is 0. The number of primary amides is 1. The van der Waals surface area contributed by atoms with E-state index in [0.717, 1.165) is 16.5 Å². The van der Waals surface area contributed by atoms with Gasteiger partial charge < -0.3 is 10.7 Å². The third-order valence-corrected chi connectivity index (χ3v) is 2.27. The van der Waals surface area contributed by atoms with E-state index in [1.54, 1.807) is 24.4 Å². The predicted octanol–water partition coefficient (Wildman–Crippen LogP) is 1.54. The largest absolute Gasteiger partial charge is 0.366 e. The van der Waals surface area contributed by atoms with Gasteiger partial charge in [-0.15, -0.1) is 0 Å². The number of aromatic nitrogens is 1. The van der Waals surface area contributed by atoms with Crippen LogP contribution in [-0.2, 0) is 4.79 Å². The number of nitrogens with zero attached hydrogens (tertiary/aromatic N) is 1. The average Bonchev–Trinajstić information content (AvgIpc) is 2.68. The highest BCUT2D eigenvalue weighted by Gasteiger charge is 2.02. The summed E-state index contributed by atoms with van der Waals surface area (Å²) in [5.74, 6) is -0.495. The summed E-state index contributed by atoms with van der Waals surface area (Å²) < 4.78 is 0. The van der Waals surface area contributed by atoms with E-state index in [-0.39, 0.29) is 0 Å². The summed E-state index contributed by atoms with van der Waals surface area (Å²) in [7, 11) is 0. The van der Waals surface area contributed by atoms with Gasteiger partial charge in [-0.2, -0.15) is 5.26 Å². The molecule has 1 aromatic heterocycles. The first-order valence-electron chi connectivity index (χ1n) is 4.69. The SMILES string of the molecule is N#Cc1ccc2[nH]cc(C=CC(N)=O)c2c1. The highest BCUT2D eigenvalue weighted by Crippen LogP contribution is 2.20. The van der Waals surface area contributed by atoms with Crippen molar-refractivity contribution in [3.05, 3.63) is 41.6 Å². The first kappa shape index (κ1) is 9.99. The Balaban J connectivity index is 2.55. The summed E-state index contributed by atoms with van der Waals surface area (Å²) >= 11 is 0. The standard InChI is InChI=1S/C12H9N3O/c13-6-8-1-3-11-10(5-8)9(7-15-11)2-4-12(14)16/h1-5,7,15H,(H2,14,16). The van der Waals surface area contributed by atoms with Crippen LogP contribution in [0.15, 0.2) is 30.5 Å². The fourth-order valence-electron chi connectivity index (χ4n) is 1.52. The van der Waals surface area contributed by atoms with Crippen LogP contribution in [0.4, 0.5) is 0 Å². The van der Waals surface area contributed by atoms with E-state index in [9.17, 15) is 4.79 Å². The van der Waals surface area contributed by atoms with Crippen molar-refractivity contribution in [2.75, 3.05) is 0 Å². The van der Waals surface area contributed by atoms with Crippen LogP contribution < -0.4 is 5.73 Å². The lowest BCUT2D eigenvalue weighted by Crippen LogP contribution is -2.04. The molecule has 0 radical (unpaired) electrons. The number of fused-ring (bicyclic) bond motifs is 1. The molecule has 4 heteroatoms. The second-order valence-corrected chi connectivity index (χ2v) is 3.35. The van der Waals surface area contributed by atoms with E-state index in [0.29, 0.717) is 5.56 Å². The minimum atomic E-state index is -0.495. The Morgan fingerprint density at radius 2 is 2.31 bits per heavy atom. The van der Waals surface area contributed by atoms with Crippen molar-refractivity contribution in [1.82, 2.24) is 4.98 Å². The molecule has 0 unspecified atom stereocenters. The Bertz CT molecular complexity index is 617. The van der Waals surface area contributed by atoms with Crippen LogP contribution in [0.1, 0.15) is 11.1 Å². The summed E-state index contributed by atoms with van der Waals surface area (Å²) in [5, 5.41) is 9.69. The second kappa shape index (κ2) is 3.91. The molecule has 1 amide bonds. The zero-order valence-corrected chi connectivity index (χ0v) is 8.40. The smallest absolute Gasteiger partial charge is 0.241 e. The quantitative estimate of drug-likeness (QED) is 0.738. The Morgan fingerprint density at radius 3 is 3.00 bits per heavy atom. The minimum Gasteiger partial charge on any atom is -0.366 e. The molecule has 0 spiro atoms. The van der Waals surface area contributed by atoms with Crippen molar-refractivity contribution in [2.45, 2.75) is 0 Å². The molecule has 2 rings (SSSR count). The molecule has 0 bridgehead atoms. The molecule has 2 aromatic rings. The first-order chi connectivity index (χ1) is 7.70. The summed E-state index contributed by atoms with van der Waals surface area (Å²) in [4.78, 5) is 13.7. The van der Waals surface area contributed by atoms with Gasteiger partial charge in [0.1, 0.15) is 0 Å². The van der Waals surface area contributed by atoms with Gasteiger partial charge in [-0.3, -0.25) is 4.79 Å². The van der Waals surface area contributed by atoms with Crippen LogP contribution in [0.2, 0.25) is 0 Å². The number of nitriles is 1. The molecule has 0 aliphatic heterocycles. The number of H-pyrrole nitrogens is 1. The summed E-state index contributed by atoms with van der Waals surface area (Å²) in [5.41, 5.74) is 7.36. The molecule has 4 nitrogen and oxygen atoms in total. The minimum absolute atomic E-state index is 0.495. The lowest BCUT2D eigenvalue weighted by molar-refractivity contribution is -0.113. The second-order valence-electron chi connectivity index (χ2n) is 3.35. The third kappa shape index (κ3) is 1.79. The summed E-state index contributed by atoms with van der Waals surface area (Å²) in [6.07, 6.45) is 4.69. The van der Waals surface area contributed by atoms with Gasteiger partial charge in [-0.1, -0.05) is 0 Å². The Kier molecular flexibility index (Phi) is 2.44. The number of nitrogens with one attached hydrogen (secondary N) is 1. The molecule has 0 aliphatic rings. The van der Waals surface area contributed by atoms with Gasteiger partial charge in [-0.25, -0.2) is 0 Å². The van der Waals surface area contributed by atoms with E-state index in [1.165, 1.54) is 6.08 Å². The van der Waals surface area contributed by atoms with Crippen LogP contribution in [-0.4, -0.2) is 10.9 Å². The van der Waals surface area contributed by atoms with Gasteiger partial charge in [0.2, 0.25) is 5.91 Å². The number of amides is 1. The highest BCUT2D eigenvalue weighted by molar-refractivity contribution is 5.95. The Hall–Kier alpha value is -2.54. The van der Waals surface area contributed by atoms with Crippen molar-refractivity contribution >= 4 is 22.9 Å². The van der Waals surface area contributed by atoms with Crippen molar-refractivity contribution in [3.8, 4) is 6.07 Å². The number of benzene rings is 1. The zero-order valence-electron chi connectivity index (χ0n) is 8.40. The lowest BCUT2D eigenvalue weighted by atomic mass is 10.1. The van der Waals surface area contributed by atoms with E-state index in [4.69, 9.17) is 11.0 Å². The van der Waals surface area contributed by atoms with E-state index < -0.39 is 5.91 Å². The molecule has 0 saturated carbocycles. The molecule has 1 aromatic carbocycles. The highest BCUT2D eigenvalue weighted by atomic mass is 16.1. The maximum atomic E-state index is 10.6. The fourth-order valence-corrected chi connectivity index (χ4v) is 1.52. The zero-order chi connectivity index (χ0) is 11.5. The van der Waals surface area contributed by atoms with E-state index in [1.807, 2.05) is 6.07 Å². The van der Waals surface area contributed by atoms with Crippen LogP contribution in [0.25, 0.3) is 17.0 Å². The topological polar surface area (TPSA) is 82.7 Å². The van der Waals surface area contributed by atoms with Gasteiger partial charge >= 0.3 is 0 Å². The molecular formula is C12H9N3O. The number of carbonyl (C=O) groups excluding carboxylic acids is 1. The fraction of sp³-hybridized carbons (Fsp3) is 0. The van der Waals surface area contributed by atoms with Crippen LogP contribution in [0.3, 0.4) is 0 Å². The Labute approximate surface area is 92.0 Å². The predicted molar refractivity (Wildman–Crippen MR) is 61.2 cm³/mol. The van der Waals surface area contributed by atoms with Crippen LogP contribution in [0, 0.1) is 11.3 Å². The van der Waals surface area contributed by atoms with Gasteiger partial charge in [0, 0.05) is 23.2 Å². The molecular weight excluding hydrogens is 202 g/mol. The van der Waals surface area contributed by atoms with Gasteiger partial charge in [0.05, 0.1) is 11.6 Å². The normalized spacial score (nSPS) is 10.7. The Morgan fingerprint density at radius 1 is 1.50 bits per heavy atom. The van der Waals surface area contributed by atoms with Gasteiger partial charge in [0.15, 0.2) is 0 Å². The van der Waals surface area contributed by atoms with Crippen molar-refractivity contribution in [3.63, 3.8) is 0 Å². The molecule has 0 aliphatic carbocycles. The molecule has 0 fully saturated rings. The van der Waals surface area contributed by atoms with Crippen LogP contribution in [0.5, 0.6) is 0 Å². The van der Waals surface area contributed by atoms with E-state index >= 15 is 0 Å². The van der Waals surface area contributed by atoms with Gasteiger partial charge in [-0.05, 0) is 29.8 Å². The maximum Gasteiger partial charge on any atom is 0.241 e. The molecule has 1 heterocycles.